The highest BCUT2D eigenvalue weighted by atomic mass is 35.5. The first-order valence-electron chi connectivity index (χ1n) is 6.81. The predicted molar refractivity (Wildman–Crippen MR) is 85.2 cm³/mol. The molecule has 1 heterocycles. The second-order valence-electron chi connectivity index (χ2n) is 5.18. The predicted octanol–water partition coefficient (Wildman–Crippen LogP) is 2.17. The van der Waals surface area contributed by atoms with Gasteiger partial charge in [-0.15, -0.1) is 0 Å². The lowest BCUT2D eigenvalue weighted by Gasteiger charge is -2.12. The molecule has 1 amide bonds. The number of sulfone groups is 1. The zero-order valence-electron chi connectivity index (χ0n) is 11.8. The van der Waals surface area contributed by atoms with E-state index in [1.165, 1.54) is 30.3 Å². The topological polar surface area (TPSA) is 80.3 Å². The van der Waals surface area contributed by atoms with Crippen LogP contribution in [-0.2, 0) is 14.6 Å². The van der Waals surface area contributed by atoms with Crippen molar-refractivity contribution in [1.29, 1.82) is 0 Å². The molecule has 118 valence electrons. The highest BCUT2D eigenvalue weighted by Gasteiger charge is 2.36. The van der Waals surface area contributed by atoms with Gasteiger partial charge in [-0.2, -0.15) is 0 Å². The third-order valence-corrected chi connectivity index (χ3v) is 5.70. The smallest absolute Gasteiger partial charge is 0.292 e. The Kier molecular flexibility index (Phi) is 3.95. The molecule has 5 nitrogen and oxygen atoms in total. The molecule has 0 radical (unpaired) electrons. The lowest BCUT2D eigenvalue weighted by atomic mass is 10.1. The fourth-order valence-electron chi connectivity index (χ4n) is 2.53. The van der Waals surface area contributed by atoms with E-state index >= 15 is 0 Å². The highest BCUT2D eigenvalue weighted by Crippen LogP contribution is 2.32. The molecule has 2 aromatic rings. The molecule has 1 aliphatic rings. The number of rotatable bonds is 3. The van der Waals surface area contributed by atoms with Gasteiger partial charge in [0.05, 0.1) is 16.7 Å². The van der Waals surface area contributed by atoms with Crippen LogP contribution in [-0.4, -0.2) is 25.9 Å². The number of ketones is 1. The van der Waals surface area contributed by atoms with E-state index in [9.17, 15) is 18.0 Å². The molecule has 0 saturated carbocycles. The summed E-state index contributed by atoms with van der Waals surface area (Å²) in [5.74, 6) is -1.82. The molecule has 1 unspecified atom stereocenters. The van der Waals surface area contributed by atoms with Gasteiger partial charge in [0.15, 0.2) is 9.84 Å². The summed E-state index contributed by atoms with van der Waals surface area (Å²) in [5, 5.41) is 2.96. The van der Waals surface area contributed by atoms with Gasteiger partial charge in [-0.25, -0.2) is 8.42 Å². The van der Waals surface area contributed by atoms with Crippen molar-refractivity contribution >= 4 is 33.1 Å². The third kappa shape index (κ3) is 3.00. The van der Waals surface area contributed by atoms with Crippen LogP contribution in [0.15, 0.2) is 53.4 Å². The fraction of sp³-hybridized carbons (Fsp3) is 0.125. The Morgan fingerprint density at radius 1 is 1.04 bits per heavy atom. The molecule has 0 bridgehead atoms. The van der Waals surface area contributed by atoms with Crippen LogP contribution in [0.5, 0.6) is 0 Å². The van der Waals surface area contributed by atoms with Gasteiger partial charge in [0, 0.05) is 10.6 Å². The van der Waals surface area contributed by atoms with Crippen molar-refractivity contribution in [3.05, 3.63) is 64.7 Å². The van der Waals surface area contributed by atoms with Crippen LogP contribution in [0.1, 0.15) is 22.0 Å². The molecule has 1 N–H and O–H groups in total. The summed E-state index contributed by atoms with van der Waals surface area (Å²) in [6, 6.07) is 11.6. The maximum Gasteiger partial charge on any atom is 0.292 e. The van der Waals surface area contributed by atoms with E-state index in [2.05, 4.69) is 5.32 Å². The van der Waals surface area contributed by atoms with Gasteiger partial charge in [-0.1, -0.05) is 29.8 Å². The fourth-order valence-corrected chi connectivity index (χ4v) is 4.39. The summed E-state index contributed by atoms with van der Waals surface area (Å²) in [6.45, 7) is 0. The minimum absolute atomic E-state index is 0.195. The highest BCUT2D eigenvalue weighted by molar-refractivity contribution is 7.91. The number of halogens is 1. The number of hydrogen-bond acceptors (Lipinski definition) is 4. The molecule has 7 heteroatoms. The largest absolute Gasteiger partial charge is 0.341 e. The zero-order valence-corrected chi connectivity index (χ0v) is 13.4. The first-order valence-corrected chi connectivity index (χ1v) is 8.84. The number of hydrogen-bond donors (Lipinski definition) is 1. The molecule has 1 atom stereocenters. The lowest BCUT2D eigenvalue weighted by molar-refractivity contribution is -0.117. The summed E-state index contributed by atoms with van der Waals surface area (Å²) in [6.07, 6.45) is 0. The Morgan fingerprint density at radius 3 is 2.39 bits per heavy atom. The summed E-state index contributed by atoms with van der Waals surface area (Å²) in [5.41, 5.74) is 0.700. The first kappa shape index (κ1) is 15.7. The van der Waals surface area contributed by atoms with Crippen molar-refractivity contribution in [3.8, 4) is 0 Å². The number of nitrogens with one attached hydrogen (secondary N) is 1. The Hall–Kier alpha value is -2.18. The molecule has 0 fully saturated rings. The quantitative estimate of drug-likeness (QED) is 0.680. The van der Waals surface area contributed by atoms with Crippen LogP contribution in [0.2, 0.25) is 5.02 Å². The van der Waals surface area contributed by atoms with Gasteiger partial charge >= 0.3 is 0 Å². The summed E-state index contributed by atoms with van der Waals surface area (Å²) in [7, 11) is -3.44. The van der Waals surface area contributed by atoms with Crippen LogP contribution in [0.3, 0.4) is 0 Å². The summed E-state index contributed by atoms with van der Waals surface area (Å²) in [4.78, 5) is 24.4. The molecule has 0 aromatic heterocycles. The summed E-state index contributed by atoms with van der Waals surface area (Å²) < 4.78 is 24.1. The number of Topliss-reactive ketones (excluding diaryl/α,β-unsaturated/α-hetero) is 1. The molecule has 0 aliphatic carbocycles. The average molecular weight is 350 g/mol. The van der Waals surface area contributed by atoms with Crippen LogP contribution in [0.4, 0.5) is 0 Å². The van der Waals surface area contributed by atoms with E-state index in [0.29, 0.717) is 10.6 Å². The Bertz CT molecular complexity index is 891. The molecular weight excluding hydrogens is 338 g/mol. The lowest BCUT2D eigenvalue weighted by Crippen LogP contribution is -2.35. The number of benzene rings is 2. The third-order valence-electron chi connectivity index (χ3n) is 3.63. The van der Waals surface area contributed by atoms with Gasteiger partial charge in [0.1, 0.15) is 0 Å². The van der Waals surface area contributed by atoms with E-state index < -0.39 is 27.6 Å². The van der Waals surface area contributed by atoms with E-state index in [1.54, 1.807) is 18.2 Å². The average Bonchev–Trinajstić information content (AvgIpc) is 2.79. The molecular formula is C16H12ClNO4S. The molecule has 1 aliphatic heterocycles. The van der Waals surface area contributed by atoms with Crippen LogP contribution < -0.4 is 5.32 Å². The van der Waals surface area contributed by atoms with Crippen molar-refractivity contribution in [2.75, 3.05) is 5.75 Å². The number of fused-ring (bicyclic) bond motifs is 1. The van der Waals surface area contributed by atoms with Crippen molar-refractivity contribution in [2.24, 2.45) is 0 Å². The maximum absolute atomic E-state index is 12.1. The van der Waals surface area contributed by atoms with Crippen molar-refractivity contribution in [1.82, 2.24) is 5.32 Å². The van der Waals surface area contributed by atoms with Crippen molar-refractivity contribution in [3.63, 3.8) is 0 Å². The van der Waals surface area contributed by atoms with Gasteiger partial charge in [-0.3, -0.25) is 9.59 Å². The van der Waals surface area contributed by atoms with E-state index in [4.69, 9.17) is 11.6 Å². The number of carbonyl (C=O) groups is 2. The van der Waals surface area contributed by atoms with Gasteiger partial charge in [-0.05, 0) is 35.9 Å². The van der Waals surface area contributed by atoms with Crippen LogP contribution in [0, 0.1) is 0 Å². The van der Waals surface area contributed by atoms with Gasteiger partial charge in [0.25, 0.3) is 5.91 Å². The van der Waals surface area contributed by atoms with E-state index in [-0.39, 0.29) is 16.2 Å². The minimum Gasteiger partial charge on any atom is -0.341 e. The Labute approximate surface area is 138 Å². The zero-order chi connectivity index (χ0) is 16.6. The standard InChI is InChI=1S/C16H12ClNO4S/c17-11-7-5-10(6-8-11)15(19)16(20)18-13-9-23(21,22)14-4-2-1-3-12(13)14/h1-8,13H,9H2,(H,18,20). The van der Waals surface area contributed by atoms with Gasteiger partial charge in [0.2, 0.25) is 5.78 Å². The second kappa shape index (κ2) is 5.79. The normalized spacial score (nSPS) is 18.2. The van der Waals surface area contributed by atoms with Crippen molar-refractivity contribution < 1.29 is 18.0 Å². The van der Waals surface area contributed by atoms with E-state index in [0.717, 1.165) is 0 Å². The minimum atomic E-state index is -3.44. The van der Waals surface area contributed by atoms with Crippen LogP contribution in [0.25, 0.3) is 0 Å². The number of amides is 1. The SMILES string of the molecule is O=C(NC1CS(=O)(=O)c2ccccc21)C(=O)c1ccc(Cl)cc1. The molecule has 2 aromatic carbocycles. The molecule has 3 rings (SSSR count). The Morgan fingerprint density at radius 2 is 1.70 bits per heavy atom. The van der Waals surface area contributed by atoms with Crippen molar-refractivity contribution in [2.45, 2.75) is 10.9 Å². The maximum atomic E-state index is 12.1. The summed E-state index contributed by atoms with van der Waals surface area (Å²) >= 11 is 5.74. The molecule has 0 saturated heterocycles. The number of carbonyl (C=O) groups excluding carboxylic acids is 2. The van der Waals surface area contributed by atoms with Crippen LogP contribution >= 0.6 is 11.6 Å². The Balaban J connectivity index is 1.82. The monoisotopic (exact) mass is 349 g/mol. The molecule has 0 spiro atoms. The van der Waals surface area contributed by atoms with E-state index in [1.807, 2.05) is 0 Å². The van der Waals surface area contributed by atoms with Gasteiger partial charge < -0.3 is 5.32 Å². The second-order valence-corrected chi connectivity index (χ2v) is 7.62. The molecule has 23 heavy (non-hydrogen) atoms. The first-order chi connectivity index (χ1) is 10.9.